The van der Waals surface area contributed by atoms with Crippen molar-refractivity contribution in [1.82, 2.24) is 0 Å². The molecule has 1 atom stereocenters. The van der Waals surface area contributed by atoms with Crippen LogP contribution in [-0.4, -0.2) is 23.9 Å². The van der Waals surface area contributed by atoms with Crippen LogP contribution in [0.4, 0.5) is 0 Å². The number of aryl methyl sites for hydroxylation is 1. The van der Waals surface area contributed by atoms with Gasteiger partial charge in [-0.25, -0.2) is 0 Å². The van der Waals surface area contributed by atoms with E-state index in [4.69, 9.17) is 9.84 Å². The van der Waals surface area contributed by atoms with Gasteiger partial charge in [0.05, 0.1) is 12.7 Å². The molecular weight excluding hydrogens is 214 g/mol. The minimum Gasteiger partial charge on any atom is -0.396 e. The lowest BCUT2D eigenvalue weighted by molar-refractivity contribution is -0.0172. The van der Waals surface area contributed by atoms with Crippen molar-refractivity contribution >= 4 is 0 Å². The molecule has 1 aromatic rings. The highest BCUT2D eigenvalue weighted by Crippen LogP contribution is 2.31. The van der Waals surface area contributed by atoms with E-state index in [-0.39, 0.29) is 6.61 Å². The van der Waals surface area contributed by atoms with Gasteiger partial charge in [0.25, 0.3) is 0 Å². The molecule has 0 fully saturated rings. The fraction of sp³-hybridized carbons (Fsp3) is 0.500. The molecule has 17 heavy (non-hydrogen) atoms. The molecule has 0 saturated heterocycles. The number of rotatable bonds is 4. The SMILES string of the molecule is N#CC1(OCCCO)CCc2ccccc2C1. The van der Waals surface area contributed by atoms with Crippen LogP contribution in [0.2, 0.25) is 0 Å². The molecule has 0 aromatic heterocycles. The van der Waals surface area contributed by atoms with Gasteiger partial charge in [0, 0.05) is 13.0 Å². The van der Waals surface area contributed by atoms with Gasteiger partial charge >= 0.3 is 0 Å². The third kappa shape index (κ3) is 2.66. The first kappa shape index (κ1) is 12.1. The van der Waals surface area contributed by atoms with Crippen LogP contribution >= 0.6 is 0 Å². The van der Waals surface area contributed by atoms with Crippen molar-refractivity contribution in [2.45, 2.75) is 31.3 Å². The maximum absolute atomic E-state index is 9.33. The Morgan fingerprint density at radius 2 is 2.12 bits per heavy atom. The van der Waals surface area contributed by atoms with Gasteiger partial charge in [0.15, 0.2) is 5.60 Å². The Morgan fingerprint density at radius 1 is 1.35 bits per heavy atom. The van der Waals surface area contributed by atoms with Gasteiger partial charge in [-0.1, -0.05) is 24.3 Å². The Labute approximate surface area is 102 Å². The molecule has 0 bridgehead atoms. The summed E-state index contributed by atoms with van der Waals surface area (Å²) in [4.78, 5) is 0. The summed E-state index contributed by atoms with van der Waals surface area (Å²) < 4.78 is 5.70. The second-order valence-corrected chi connectivity index (χ2v) is 4.48. The molecule has 2 rings (SSSR count). The lowest BCUT2D eigenvalue weighted by atomic mass is 9.81. The van der Waals surface area contributed by atoms with Crippen molar-refractivity contribution in [3.8, 4) is 6.07 Å². The summed E-state index contributed by atoms with van der Waals surface area (Å²) in [7, 11) is 0. The minimum absolute atomic E-state index is 0.109. The predicted octanol–water partition coefficient (Wildman–Crippen LogP) is 1.84. The van der Waals surface area contributed by atoms with E-state index in [1.165, 1.54) is 11.1 Å². The number of nitriles is 1. The van der Waals surface area contributed by atoms with Crippen LogP contribution < -0.4 is 0 Å². The van der Waals surface area contributed by atoms with Crippen LogP contribution in [-0.2, 0) is 17.6 Å². The van der Waals surface area contributed by atoms with Crippen LogP contribution in [0.25, 0.3) is 0 Å². The molecule has 0 radical (unpaired) electrons. The van der Waals surface area contributed by atoms with E-state index in [1.807, 2.05) is 12.1 Å². The first-order valence-corrected chi connectivity index (χ1v) is 6.02. The number of nitrogens with zero attached hydrogens (tertiary/aromatic N) is 1. The maximum atomic E-state index is 9.33. The normalized spacial score (nSPS) is 22.8. The van der Waals surface area contributed by atoms with E-state index in [2.05, 4.69) is 18.2 Å². The summed E-state index contributed by atoms with van der Waals surface area (Å²) in [5, 5.41) is 18.1. The van der Waals surface area contributed by atoms with E-state index in [9.17, 15) is 5.26 Å². The molecule has 0 amide bonds. The molecule has 1 N–H and O–H groups in total. The van der Waals surface area contributed by atoms with Crippen molar-refractivity contribution < 1.29 is 9.84 Å². The molecule has 0 saturated carbocycles. The predicted molar refractivity (Wildman–Crippen MR) is 64.5 cm³/mol. The molecule has 0 heterocycles. The summed E-state index contributed by atoms with van der Waals surface area (Å²) in [6.45, 7) is 0.560. The van der Waals surface area contributed by atoms with Crippen molar-refractivity contribution in [3.05, 3.63) is 35.4 Å². The highest BCUT2D eigenvalue weighted by molar-refractivity contribution is 5.33. The molecule has 1 unspecified atom stereocenters. The third-order valence-electron chi connectivity index (χ3n) is 3.28. The van der Waals surface area contributed by atoms with Crippen molar-refractivity contribution in [2.24, 2.45) is 0 Å². The first-order chi connectivity index (χ1) is 8.29. The average molecular weight is 231 g/mol. The number of ether oxygens (including phenoxy) is 1. The first-order valence-electron chi connectivity index (χ1n) is 6.02. The summed E-state index contributed by atoms with van der Waals surface area (Å²) in [6.07, 6.45) is 2.88. The Kier molecular flexibility index (Phi) is 3.78. The van der Waals surface area contributed by atoms with E-state index < -0.39 is 5.60 Å². The maximum Gasteiger partial charge on any atom is 0.158 e. The van der Waals surface area contributed by atoms with Crippen LogP contribution in [0.1, 0.15) is 24.0 Å². The van der Waals surface area contributed by atoms with Crippen molar-refractivity contribution in [1.29, 1.82) is 5.26 Å². The third-order valence-corrected chi connectivity index (χ3v) is 3.28. The molecule has 0 aliphatic heterocycles. The number of hydrogen-bond acceptors (Lipinski definition) is 3. The lowest BCUT2D eigenvalue weighted by Crippen LogP contribution is -2.38. The fourth-order valence-corrected chi connectivity index (χ4v) is 2.29. The second kappa shape index (κ2) is 5.31. The number of benzene rings is 1. The average Bonchev–Trinajstić information content (AvgIpc) is 2.39. The monoisotopic (exact) mass is 231 g/mol. The van der Waals surface area contributed by atoms with E-state index in [0.29, 0.717) is 19.4 Å². The highest BCUT2D eigenvalue weighted by atomic mass is 16.5. The molecule has 3 heteroatoms. The topological polar surface area (TPSA) is 53.2 Å². The van der Waals surface area contributed by atoms with Gasteiger partial charge in [-0.15, -0.1) is 0 Å². The van der Waals surface area contributed by atoms with E-state index in [1.54, 1.807) is 0 Å². The minimum atomic E-state index is -0.691. The molecule has 1 aliphatic rings. The smallest absolute Gasteiger partial charge is 0.158 e. The van der Waals surface area contributed by atoms with Gasteiger partial charge in [0.2, 0.25) is 0 Å². The Balaban J connectivity index is 2.10. The molecule has 3 nitrogen and oxygen atoms in total. The van der Waals surface area contributed by atoms with E-state index >= 15 is 0 Å². The summed E-state index contributed by atoms with van der Waals surface area (Å²) >= 11 is 0. The molecule has 0 spiro atoms. The largest absolute Gasteiger partial charge is 0.396 e. The van der Waals surface area contributed by atoms with Gasteiger partial charge < -0.3 is 9.84 Å². The van der Waals surface area contributed by atoms with Crippen LogP contribution in [0.5, 0.6) is 0 Å². The number of fused-ring (bicyclic) bond motifs is 1. The quantitative estimate of drug-likeness (QED) is 0.804. The lowest BCUT2D eigenvalue weighted by Gasteiger charge is -2.32. The fourth-order valence-electron chi connectivity index (χ4n) is 2.29. The zero-order valence-corrected chi connectivity index (χ0v) is 9.85. The summed E-state index contributed by atoms with van der Waals surface area (Å²) in [5.74, 6) is 0. The second-order valence-electron chi connectivity index (χ2n) is 4.48. The Bertz CT molecular complexity index is 424. The standard InChI is InChI=1S/C14H17NO2/c15-11-14(17-9-3-8-16)7-6-12-4-1-2-5-13(12)10-14/h1-2,4-5,16H,3,6-10H2. The van der Waals surface area contributed by atoms with Crippen LogP contribution in [0.15, 0.2) is 24.3 Å². The van der Waals surface area contributed by atoms with Crippen molar-refractivity contribution in [3.63, 3.8) is 0 Å². The van der Waals surface area contributed by atoms with Crippen LogP contribution in [0, 0.1) is 11.3 Å². The van der Waals surface area contributed by atoms with Crippen LogP contribution in [0.3, 0.4) is 0 Å². The summed E-state index contributed by atoms with van der Waals surface area (Å²) in [6, 6.07) is 10.5. The Morgan fingerprint density at radius 3 is 2.82 bits per heavy atom. The van der Waals surface area contributed by atoms with Gasteiger partial charge in [-0.05, 0) is 30.4 Å². The number of aliphatic hydroxyl groups is 1. The number of hydrogen-bond donors (Lipinski definition) is 1. The van der Waals surface area contributed by atoms with Crippen molar-refractivity contribution in [2.75, 3.05) is 13.2 Å². The Hall–Kier alpha value is -1.37. The molecule has 1 aromatic carbocycles. The van der Waals surface area contributed by atoms with E-state index in [0.717, 1.165) is 12.8 Å². The zero-order valence-electron chi connectivity index (χ0n) is 9.85. The summed E-state index contributed by atoms with van der Waals surface area (Å²) in [5.41, 5.74) is 1.84. The zero-order chi connectivity index (χ0) is 12.1. The highest BCUT2D eigenvalue weighted by Gasteiger charge is 2.35. The molecule has 1 aliphatic carbocycles. The van der Waals surface area contributed by atoms with Gasteiger partial charge in [0.1, 0.15) is 0 Å². The number of aliphatic hydroxyl groups excluding tert-OH is 1. The van der Waals surface area contributed by atoms with Gasteiger partial charge in [-0.2, -0.15) is 5.26 Å². The van der Waals surface area contributed by atoms with Gasteiger partial charge in [-0.3, -0.25) is 0 Å². The molecule has 90 valence electrons. The molecular formula is C14H17NO2.